The fourth-order valence-electron chi connectivity index (χ4n) is 2.53. The maximum atomic E-state index is 4.64. The molecule has 0 saturated heterocycles. The van der Waals surface area contributed by atoms with Crippen LogP contribution in [0.25, 0.3) is 16.2 Å². The molecule has 0 fully saturated rings. The molecule has 0 aliphatic heterocycles. The second-order valence-corrected chi connectivity index (χ2v) is 9.88. The summed E-state index contributed by atoms with van der Waals surface area (Å²) in [6.45, 7) is 7.27. The third kappa shape index (κ3) is 4.45. The van der Waals surface area contributed by atoms with Gasteiger partial charge in [-0.05, 0) is 29.8 Å². The van der Waals surface area contributed by atoms with Gasteiger partial charge in [-0.3, -0.25) is 4.98 Å². The van der Waals surface area contributed by atoms with Crippen molar-refractivity contribution in [2.24, 2.45) is 0 Å². The quantitative estimate of drug-likeness (QED) is 0.491. The zero-order chi connectivity index (χ0) is 18.9. The Kier molecular flexibility index (Phi) is 4.84. The molecule has 27 heavy (non-hydrogen) atoms. The first-order valence-corrected chi connectivity index (χ1v) is 10.2. The standard InChI is InChI=1S/C19H20N6S2/c1-19(2,3)27-16-9-13(6-8-21-16)10-22-17-24-25-12-15(23-18(25)26-17)14-5-4-7-20-11-14/h4-9,11-12H,10H2,1-3H3,(H,22,24). The summed E-state index contributed by atoms with van der Waals surface area (Å²) < 4.78 is 1.95. The number of nitrogens with zero attached hydrogens (tertiary/aromatic N) is 5. The molecule has 4 aromatic rings. The molecule has 138 valence electrons. The number of fused-ring (bicyclic) bond motifs is 1. The Labute approximate surface area is 166 Å². The topological polar surface area (TPSA) is 68.0 Å². The normalized spacial score (nSPS) is 11.8. The molecule has 4 heterocycles. The van der Waals surface area contributed by atoms with Gasteiger partial charge in [-0.2, -0.15) is 0 Å². The number of rotatable bonds is 5. The van der Waals surface area contributed by atoms with E-state index in [9.17, 15) is 0 Å². The minimum atomic E-state index is 0.144. The Balaban J connectivity index is 1.45. The number of nitrogens with one attached hydrogen (secondary N) is 1. The first-order valence-electron chi connectivity index (χ1n) is 8.61. The molecule has 0 aliphatic carbocycles. The summed E-state index contributed by atoms with van der Waals surface area (Å²) in [6, 6.07) is 8.06. The summed E-state index contributed by atoms with van der Waals surface area (Å²) in [7, 11) is 0. The average Bonchev–Trinajstić information content (AvgIpc) is 3.18. The van der Waals surface area contributed by atoms with Crippen molar-refractivity contribution < 1.29 is 0 Å². The molecular weight excluding hydrogens is 376 g/mol. The summed E-state index contributed by atoms with van der Waals surface area (Å²) in [5, 5.41) is 9.84. The van der Waals surface area contributed by atoms with E-state index in [4.69, 9.17) is 0 Å². The van der Waals surface area contributed by atoms with Crippen molar-refractivity contribution in [1.82, 2.24) is 24.6 Å². The highest BCUT2D eigenvalue weighted by atomic mass is 32.2. The molecule has 0 unspecified atom stereocenters. The third-order valence-electron chi connectivity index (χ3n) is 3.65. The Morgan fingerprint density at radius 1 is 1.22 bits per heavy atom. The number of thioether (sulfide) groups is 1. The van der Waals surface area contributed by atoms with Crippen LogP contribution >= 0.6 is 23.1 Å². The van der Waals surface area contributed by atoms with Crippen LogP contribution in [-0.2, 0) is 6.54 Å². The highest BCUT2D eigenvalue weighted by Crippen LogP contribution is 2.30. The predicted molar refractivity (Wildman–Crippen MR) is 111 cm³/mol. The summed E-state index contributed by atoms with van der Waals surface area (Å²) >= 11 is 3.30. The molecule has 0 aromatic carbocycles. The maximum absolute atomic E-state index is 4.64. The van der Waals surface area contributed by atoms with Crippen molar-refractivity contribution in [3.05, 3.63) is 54.6 Å². The first-order chi connectivity index (χ1) is 13.0. The van der Waals surface area contributed by atoms with E-state index in [-0.39, 0.29) is 4.75 Å². The molecule has 6 nitrogen and oxygen atoms in total. The van der Waals surface area contributed by atoms with Gasteiger partial charge in [-0.15, -0.1) is 16.9 Å². The van der Waals surface area contributed by atoms with E-state index in [1.54, 1.807) is 18.0 Å². The molecule has 4 rings (SSSR count). The Morgan fingerprint density at radius 3 is 2.85 bits per heavy atom. The largest absolute Gasteiger partial charge is 0.356 e. The average molecular weight is 397 g/mol. The number of anilines is 1. The van der Waals surface area contributed by atoms with Crippen molar-refractivity contribution in [3.8, 4) is 11.3 Å². The number of aromatic nitrogens is 5. The fourth-order valence-corrected chi connectivity index (χ4v) is 4.26. The maximum Gasteiger partial charge on any atom is 0.214 e. The number of hydrogen-bond donors (Lipinski definition) is 1. The SMILES string of the molecule is CC(C)(C)Sc1cc(CNc2nn3cc(-c4cccnc4)nc3s2)ccn1. The monoisotopic (exact) mass is 396 g/mol. The van der Waals surface area contributed by atoms with Crippen LogP contribution in [0.3, 0.4) is 0 Å². The Hall–Kier alpha value is -2.45. The van der Waals surface area contributed by atoms with Gasteiger partial charge in [0.05, 0.1) is 16.9 Å². The summed E-state index contributed by atoms with van der Waals surface area (Å²) in [5.41, 5.74) is 3.05. The Bertz CT molecular complexity index is 1020. The van der Waals surface area contributed by atoms with E-state index in [0.29, 0.717) is 6.54 Å². The molecule has 0 spiro atoms. The molecule has 0 atom stereocenters. The van der Waals surface area contributed by atoms with Gasteiger partial charge in [0.25, 0.3) is 0 Å². The number of hydrogen-bond acceptors (Lipinski definition) is 7. The lowest BCUT2D eigenvalue weighted by Crippen LogP contribution is -2.07. The van der Waals surface area contributed by atoms with Gasteiger partial charge in [0.15, 0.2) is 0 Å². The lowest BCUT2D eigenvalue weighted by molar-refractivity contribution is 0.799. The molecule has 0 radical (unpaired) electrons. The molecule has 0 saturated carbocycles. The van der Waals surface area contributed by atoms with Crippen LogP contribution in [0.2, 0.25) is 0 Å². The molecule has 8 heteroatoms. The van der Waals surface area contributed by atoms with Gasteiger partial charge in [0.1, 0.15) is 0 Å². The van der Waals surface area contributed by atoms with Crippen LogP contribution < -0.4 is 5.32 Å². The number of imidazole rings is 1. The highest BCUT2D eigenvalue weighted by molar-refractivity contribution is 8.00. The second-order valence-electron chi connectivity index (χ2n) is 7.07. The smallest absolute Gasteiger partial charge is 0.214 e. The molecular formula is C19H20N6S2. The van der Waals surface area contributed by atoms with Gasteiger partial charge >= 0.3 is 0 Å². The highest BCUT2D eigenvalue weighted by Gasteiger charge is 2.13. The van der Waals surface area contributed by atoms with Crippen LogP contribution in [0.5, 0.6) is 0 Å². The minimum Gasteiger partial charge on any atom is -0.356 e. The van der Waals surface area contributed by atoms with Gasteiger partial charge in [0, 0.05) is 35.4 Å². The van der Waals surface area contributed by atoms with Gasteiger partial charge in [-0.1, -0.05) is 32.1 Å². The zero-order valence-electron chi connectivity index (χ0n) is 15.4. The van der Waals surface area contributed by atoms with Crippen LogP contribution in [-0.4, -0.2) is 29.3 Å². The summed E-state index contributed by atoms with van der Waals surface area (Å²) in [5.74, 6) is 0. The lowest BCUT2D eigenvalue weighted by atomic mass is 10.2. The van der Waals surface area contributed by atoms with Crippen molar-refractivity contribution in [3.63, 3.8) is 0 Å². The van der Waals surface area contributed by atoms with Crippen molar-refractivity contribution >= 4 is 33.2 Å². The predicted octanol–water partition coefficient (Wildman–Crippen LogP) is 4.75. The molecule has 0 aliphatic rings. The van der Waals surface area contributed by atoms with Crippen LogP contribution in [0.15, 0.2) is 54.1 Å². The summed E-state index contributed by atoms with van der Waals surface area (Å²) in [4.78, 5) is 14.1. The molecule has 0 amide bonds. The van der Waals surface area contributed by atoms with E-state index in [1.807, 2.05) is 41.3 Å². The van der Waals surface area contributed by atoms with E-state index < -0.39 is 0 Å². The van der Waals surface area contributed by atoms with Crippen LogP contribution in [0, 0.1) is 0 Å². The molecule has 0 bridgehead atoms. The van der Waals surface area contributed by atoms with E-state index in [1.165, 1.54) is 16.9 Å². The minimum absolute atomic E-state index is 0.144. The number of pyridine rings is 2. The van der Waals surface area contributed by atoms with E-state index >= 15 is 0 Å². The second kappa shape index (κ2) is 7.28. The fraction of sp³-hybridized carbons (Fsp3) is 0.263. The van der Waals surface area contributed by atoms with Gasteiger partial charge in [-0.25, -0.2) is 14.5 Å². The van der Waals surface area contributed by atoms with Crippen LogP contribution in [0.1, 0.15) is 26.3 Å². The van der Waals surface area contributed by atoms with Crippen molar-refractivity contribution in [2.45, 2.75) is 37.1 Å². The van der Waals surface area contributed by atoms with Gasteiger partial charge < -0.3 is 5.32 Å². The Morgan fingerprint density at radius 2 is 2.11 bits per heavy atom. The third-order valence-corrected chi connectivity index (χ3v) is 5.58. The van der Waals surface area contributed by atoms with E-state index in [2.05, 4.69) is 52.2 Å². The first kappa shape index (κ1) is 17.9. The molecule has 4 aromatic heterocycles. The van der Waals surface area contributed by atoms with E-state index in [0.717, 1.165) is 26.4 Å². The lowest BCUT2D eigenvalue weighted by Gasteiger charge is -2.17. The summed E-state index contributed by atoms with van der Waals surface area (Å²) in [6.07, 6.45) is 7.35. The van der Waals surface area contributed by atoms with Crippen LogP contribution in [0.4, 0.5) is 5.13 Å². The van der Waals surface area contributed by atoms with Gasteiger partial charge in [0.2, 0.25) is 10.1 Å². The molecule has 1 N–H and O–H groups in total. The van der Waals surface area contributed by atoms with Crippen molar-refractivity contribution in [1.29, 1.82) is 0 Å². The van der Waals surface area contributed by atoms with Crippen molar-refractivity contribution in [2.75, 3.05) is 5.32 Å². The zero-order valence-corrected chi connectivity index (χ0v) is 17.0.